The van der Waals surface area contributed by atoms with E-state index in [1.165, 1.54) is 7.11 Å². The second-order valence-electron chi connectivity index (χ2n) is 5.83. The molecule has 1 saturated carbocycles. The number of ether oxygens (including phenoxy) is 2. The second-order valence-corrected chi connectivity index (χ2v) is 5.83. The molecule has 23 heavy (non-hydrogen) atoms. The smallest absolute Gasteiger partial charge is 0.375 e. The number of rotatable bonds is 5. The van der Waals surface area contributed by atoms with Crippen LogP contribution in [0.1, 0.15) is 42.7 Å². The van der Waals surface area contributed by atoms with E-state index < -0.39 is 5.97 Å². The van der Waals surface area contributed by atoms with Gasteiger partial charge in [0.15, 0.2) is 0 Å². The lowest BCUT2D eigenvalue weighted by Gasteiger charge is -2.25. The van der Waals surface area contributed by atoms with E-state index in [2.05, 4.69) is 12.1 Å². The van der Waals surface area contributed by atoms with E-state index in [1.807, 2.05) is 19.1 Å². The van der Waals surface area contributed by atoms with Crippen molar-refractivity contribution in [3.8, 4) is 11.8 Å². The van der Waals surface area contributed by atoms with Crippen LogP contribution in [0.25, 0.3) is 0 Å². The van der Waals surface area contributed by atoms with Crippen LogP contribution in [0.2, 0.25) is 0 Å². The Labute approximate surface area is 136 Å². The molecule has 0 radical (unpaired) electrons. The predicted molar refractivity (Wildman–Crippen MR) is 84.8 cm³/mol. The summed E-state index contributed by atoms with van der Waals surface area (Å²) in [6.45, 7) is 1.87. The van der Waals surface area contributed by atoms with E-state index in [4.69, 9.17) is 19.8 Å². The van der Waals surface area contributed by atoms with Crippen molar-refractivity contribution in [2.75, 3.05) is 7.11 Å². The van der Waals surface area contributed by atoms with E-state index in [0.717, 1.165) is 43.1 Å². The third-order valence-electron chi connectivity index (χ3n) is 4.25. The minimum atomic E-state index is -1.17. The fourth-order valence-electron chi connectivity index (χ4n) is 2.88. The molecule has 1 aromatic carbocycles. The number of carboxylic acids is 1. The van der Waals surface area contributed by atoms with Crippen molar-refractivity contribution < 1.29 is 19.4 Å². The van der Waals surface area contributed by atoms with Crippen molar-refractivity contribution in [2.45, 2.75) is 38.5 Å². The molecule has 0 aliphatic heterocycles. The zero-order chi connectivity index (χ0) is 16.8. The highest BCUT2D eigenvalue weighted by molar-refractivity contribution is 5.84. The Morgan fingerprint density at radius 3 is 2.61 bits per heavy atom. The number of hydrogen-bond donors (Lipinski definition) is 1. The zero-order valence-corrected chi connectivity index (χ0v) is 13.4. The standard InChI is InChI=1S/C18H21NO4/c1-12-3-6-15(14-7-4-13(10-19)5-8-14)9-16(12)23-17(11-22-2)18(20)21/h3,6,9,11,13-14H,4-5,7-8H2,1-2H3,(H,20,21)/b17-11-. The molecular formula is C18H21NO4. The van der Waals surface area contributed by atoms with E-state index in [9.17, 15) is 4.79 Å². The number of hydrogen-bond acceptors (Lipinski definition) is 4. The summed E-state index contributed by atoms with van der Waals surface area (Å²) in [6.07, 6.45) is 4.85. The first-order valence-electron chi connectivity index (χ1n) is 7.69. The topological polar surface area (TPSA) is 79.5 Å². The molecule has 1 fully saturated rings. The lowest BCUT2D eigenvalue weighted by Crippen LogP contribution is -2.13. The Kier molecular flexibility index (Phi) is 5.64. The first-order valence-corrected chi connectivity index (χ1v) is 7.69. The molecule has 5 heteroatoms. The summed E-state index contributed by atoms with van der Waals surface area (Å²) < 4.78 is 10.3. The molecular weight excluding hydrogens is 294 g/mol. The van der Waals surface area contributed by atoms with Crippen LogP contribution in [-0.4, -0.2) is 18.2 Å². The molecule has 0 saturated heterocycles. The predicted octanol–water partition coefficient (Wildman–Crippen LogP) is 3.74. The van der Waals surface area contributed by atoms with Crippen LogP contribution in [0.5, 0.6) is 5.75 Å². The van der Waals surface area contributed by atoms with Gasteiger partial charge in [-0.25, -0.2) is 4.79 Å². The molecule has 1 aliphatic carbocycles. The summed E-state index contributed by atoms with van der Waals surface area (Å²) in [5.74, 6) is -0.347. The first-order chi connectivity index (χ1) is 11.0. The third-order valence-corrected chi connectivity index (χ3v) is 4.25. The van der Waals surface area contributed by atoms with E-state index in [-0.39, 0.29) is 11.7 Å². The summed E-state index contributed by atoms with van der Waals surface area (Å²) >= 11 is 0. The van der Waals surface area contributed by atoms with Crippen LogP contribution >= 0.6 is 0 Å². The number of aliphatic carboxylic acids is 1. The molecule has 0 atom stereocenters. The highest BCUT2D eigenvalue weighted by Gasteiger charge is 2.23. The summed E-state index contributed by atoms with van der Waals surface area (Å²) in [7, 11) is 1.38. The summed E-state index contributed by atoms with van der Waals surface area (Å²) in [5.41, 5.74) is 1.99. The lowest BCUT2D eigenvalue weighted by molar-refractivity contribution is -0.135. The molecule has 0 bridgehead atoms. The highest BCUT2D eigenvalue weighted by atomic mass is 16.5. The van der Waals surface area contributed by atoms with Gasteiger partial charge in [-0.15, -0.1) is 0 Å². The average Bonchev–Trinajstić information content (AvgIpc) is 2.56. The van der Waals surface area contributed by atoms with Gasteiger partial charge in [0.1, 0.15) is 12.0 Å². The highest BCUT2D eigenvalue weighted by Crippen LogP contribution is 2.37. The molecule has 122 valence electrons. The molecule has 1 N–H and O–H groups in total. The Balaban J connectivity index is 2.18. The van der Waals surface area contributed by atoms with Gasteiger partial charge in [-0.2, -0.15) is 5.26 Å². The molecule has 0 unspecified atom stereocenters. The Morgan fingerprint density at radius 1 is 1.35 bits per heavy atom. The molecule has 1 aliphatic rings. The van der Waals surface area contributed by atoms with Crippen LogP contribution in [0.15, 0.2) is 30.2 Å². The van der Waals surface area contributed by atoms with Gasteiger partial charge in [-0.05, 0) is 55.7 Å². The lowest BCUT2D eigenvalue weighted by atomic mass is 9.79. The zero-order valence-electron chi connectivity index (χ0n) is 13.4. The number of carboxylic acid groups (broad SMARTS) is 1. The van der Waals surface area contributed by atoms with Crippen LogP contribution in [0.4, 0.5) is 0 Å². The molecule has 0 aromatic heterocycles. The van der Waals surface area contributed by atoms with Crippen molar-refractivity contribution in [3.05, 3.63) is 41.3 Å². The summed E-state index contributed by atoms with van der Waals surface area (Å²) in [5, 5.41) is 18.1. The molecule has 0 amide bonds. The number of nitrogens with zero attached hydrogens (tertiary/aromatic N) is 1. The minimum absolute atomic E-state index is 0.163. The van der Waals surface area contributed by atoms with Gasteiger partial charge in [0.25, 0.3) is 0 Å². The van der Waals surface area contributed by atoms with Crippen molar-refractivity contribution in [1.82, 2.24) is 0 Å². The molecule has 0 heterocycles. The molecule has 2 rings (SSSR count). The normalized spacial score (nSPS) is 21.3. The fraction of sp³-hybridized carbons (Fsp3) is 0.444. The first kappa shape index (κ1) is 16.9. The summed E-state index contributed by atoms with van der Waals surface area (Å²) in [6, 6.07) is 8.23. The van der Waals surface area contributed by atoms with Crippen LogP contribution in [0, 0.1) is 24.2 Å². The van der Waals surface area contributed by atoms with Crippen LogP contribution in [0.3, 0.4) is 0 Å². The minimum Gasteiger partial charge on any atom is -0.500 e. The second kappa shape index (κ2) is 7.68. The van der Waals surface area contributed by atoms with Crippen molar-refractivity contribution in [1.29, 1.82) is 5.26 Å². The molecule has 0 spiro atoms. The maximum atomic E-state index is 11.2. The third kappa shape index (κ3) is 4.26. The van der Waals surface area contributed by atoms with Gasteiger partial charge >= 0.3 is 5.97 Å². The van der Waals surface area contributed by atoms with Crippen molar-refractivity contribution >= 4 is 5.97 Å². The monoisotopic (exact) mass is 315 g/mol. The van der Waals surface area contributed by atoms with Gasteiger partial charge in [0.2, 0.25) is 5.76 Å². The van der Waals surface area contributed by atoms with E-state index in [0.29, 0.717) is 11.7 Å². The maximum Gasteiger partial charge on any atom is 0.375 e. The Morgan fingerprint density at radius 2 is 2.04 bits per heavy atom. The SMILES string of the molecule is CO/C=C(\Oc1cc(C2CCC(C#N)CC2)ccc1C)C(=O)O. The Hall–Kier alpha value is -2.48. The number of carbonyl (C=O) groups is 1. The largest absolute Gasteiger partial charge is 0.500 e. The van der Waals surface area contributed by atoms with Gasteiger partial charge in [-0.1, -0.05) is 12.1 Å². The number of benzene rings is 1. The fourth-order valence-corrected chi connectivity index (χ4v) is 2.88. The quantitative estimate of drug-likeness (QED) is 0.661. The molecule has 5 nitrogen and oxygen atoms in total. The van der Waals surface area contributed by atoms with E-state index >= 15 is 0 Å². The van der Waals surface area contributed by atoms with Crippen molar-refractivity contribution in [2.24, 2.45) is 5.92 Å². The average molecular weight is 315 g/mol. The van der Waals surface area contributed by atoms with Crippen molar-refractivity contribution in [3.63, 3.8) is 0 Å². The van der Waals surface area contributed by atoms with Crippen LogP contribution in [-0.2, 0) is 9.53 Å². The number of aryl methyl sites for hydroxylation is 1. The number of nitriles is 1. The van der Waals surface area contributed by atoms with Gasteiger partial charge in [-0.3, -0.25) is 0 Å². The number of methoxy groups -OCH3 is 1. The van der Waals surface area contributed by atoms with Crippen LogP contribution < -0.4 is 4.74 Å². The van der Waals surface area contributed by atoms with Gasteiger partial charge < -0.3 is 14.6 Å². The molecule has 1 aromatic rings. The van der Waals surface area contributed by atoms with Gasteiger partial charge in [0, 0.05) is 5.92 Å². The maximum absolute atomic E-state index is 11.2. The Bertz CT molecular complexity index is 637. The summed E-state index contributed by atoms with van der Waals surface area (Å²) in [4.78, 5) is 11.2. The van der Waals surface area contributed by atoms with Gasteiger partial charge in [0.05, 0.1) is 13.2 Å². The van der Waals surface area contributed by atoms with E-state index in [1.54, 1.807) is 0 Å².